The molecule has 1 atom stereocenters. The fourth-order valence-electron chi connectivity index (χ4n) is 1.90. The lowest BCUT2D eigenvalue weighted by Crippen LogP contribution is -2.43. The topological polar surface area (TPSA) is 23.5 Å². The molecule has 92 valence electrons. The molecule has 1 N–H and O–H groups in total. The van der Waals surface area contributed by atoms with E-state index in [1.807, 2.05) is 30.3 Å². The second kappa shape index (κ2) is 6.44. The highest BCUT2D eigenvalue weighted by molar-refractivity contribution is 5.22. The number of benzene rings is 1. The van der Waals surface area contributed by atoms with Gasteiger partial charge in [0.2, 0.25) is 0 Å². The maximum atomic E-state index is 10.4. The summed E-state index contributed by atoms with van der Waals surface area (Å²) in [6, 6.07) is 9.87. The van der Waals surface area contributed by atoms with Gasteiger partial charge in [-0.3, -0.25) is 0 Å². The molecular weight excluding hydrogens is 210 g/mol. The van der Waals surface area contributed by atoms with Gasteiger partial charge in [0.05, 0.1) is 0 Å². The lowest BCUT2D eigenvalue weighted by atomic mass is 9.94. The van der Waals surface area contributed by atoms with E-state index in [9.17, 15) is 5.11 Å². The molecule has 0 radical (unpaired) electrons. The summed E-state index contributed by atoms with van der Waals surface area (Å²) < 4.78 is 0. The van der Waals surface area contributed by atoms with Gasteiger partial charge >= 0.3 is 0 Å². The highest BCUT2D eigenvalue weighted by Gasteiger charge is 2.26. The third-order valence-electron chi connectivity index (χ3n) is 2.99. The maximum absolute atomic E-state index is 10.4. The zero-order valence-electron chi connectivity index (χ0n) is 10.7. The number of hydrogen-bond acceptors (Lipinski definition) is 2. The van der Waals surface area contributed by atoms with Crippen LogP contribution in [0.5, 0.6) is 0 Å². The average Bonchev–Trinajstić information content (AvgIpc) is 2.37. The Kier molecular flexibility index (Phi) is 5.21. The van der Waals surface area contributed by atoms with Gasteiger partial charge < -0.3 is 10.0 Å². The molecule has 0 heterocycles. The van der Waals surface area contributed by atoms with E-state index in [-0.39, 0.29) is 0 Å². The van der Waals surface area contributed by atoms with Crippen molar-refractivity contribution >= 4 is 0 Å². The molecule has 0 saturated heterocycles. The third-order valence-corrected chi connectivity index (χ3v) is 2.99. The molecular formula is C15H21NO. The highest BCUT2D eigenvalue weighted by Crippen LogP contribution is 2.14. The number of likely N-dealkylation sites (N-methyl/N-ethyl adjacent to an activating group) is 1. The summed E-state index contributed by atoms with van der Waals surface area (Å²) in [5.41, 5.74) is -0.00648. The van der Waals surface area contributed by atoms with Crippen LogP contribution >= 0.6 is 0 Å². The standard InChI is InChI=1S/C15H21NO/c1-4-15(17,13-16(5-2)6-3)12-14-10-8-7-9-11-14/h1,7-11,17H,5-6,12-13H2,2-3H3. The van der Waals surface area contributed by atoms with Gasteiger partial charge in [-0.05, 0) is 18.7 Å². The number of aliphatic hydroxyl groups is 1. The Hall–Kier alpha value is -1.30. The molecule has 1 rings (SSSR count). The van der Waals surface area contributed by atoms with Gasteiger partial charge in [-0.2, -0.15) is 0 Å². The summed E-state index contributed by atoms with van der Waals surface area (Å²) >= 11 is 0. The summed E-state index contributed by atoms with van der Waals surface area (Å²) in [6.45, 7) is 6.46. The van der Waals surface area contributed by atoms with E-state index in [1.165, 1.54) is 0 Å². The summed E-state index contributed by atoms with van der Waals surface area (Å²) in [4.78, 5) is 2.14. The van der Waals surface area contributed by atoms with Crippen LogP contribution in [-0.4, -0.2) is 35.2 Å². The Balaban J connectivity index is 2.73. The van der Waals surface area contributed by atoms with E-state index in [4.69, 9.17) is 6.42 Å². The Labute approximate surface area is 104 Å². The second-order valence-electron chi connectivity index (χ2n) is 4.30. The lowest BCUT2D eigenvalue weighted by Gasteiger charge is -2.29. The normalized spacial score (nSPS) is 14.3. The van der Waals surface area contributed by atoms with Crippen LogP contribution in [0, 0.1) is 12.3 Å². The van der Waals surface area contributed by atoms with Crippen molar-refractivity contribution in [3.8, 4) is 12.3 Å². The van der Waals surface area contributed by atoms with Crippen molar-refractivity contribution in [2.45, 2.75) is 25.9 Å². The Bertz CT molecular complexity index is 364. The van der Waals surface area contributed by atoms with E-state index in [0.29, 0.717) is 13.0 Å². The number of rotatable bonds is 6. The quantitative estimate of drug-likeness (QED) is 0.756. The van der Waals surface area contributed by atoms with Crippen LogP contribution in [0.4, 0.5) is 0 Å². The largest absolute Gasteiger partial charge is 0.376 e. The maximum Gasteiger partial charge on any atom is 0.141 e. The predicted octanol–water partition coefficient (Wildman–Crippen LogP) is 1.94. The fraction of sp³-hybridized carbons (Fsp3) is 0.467. The van der Waals surface area contributed by atoms with Crippen molar-refractivity contribution < 1.29 is 5.11 Å². The lowest BCUT2D eigenvalue weighted by molar-refractivity contribution is 0.0580. The van der Waals surface area contributed by atoms with Crippen LogP contribution in [0.15, 0.2) is 30.3 Å². The molecule has 2 nitrogen and oxygen atoms in total. The van der Waals surface area contributed by atoms with Crippen LogP contribution in [0.2, 0.25) is 0 Å². The Morgan fingerprint density at radius 1 is 1.24 bits per heavy atom. The molecule has 2 heteroatoms. The van der Waals surface area contributed by atoms with Crippen molar-refractivity contribution in [2.75, 3.05) is 19.6 Å². The van der Waals surface area contributed by atoms with Gasteiger partial charge in [-0.1, -0.05) is 50.1 Å². The van der Waals surface area contributed by atoms with Crippen LogP contribution in [-0.2, 0) is 6.42 Å². The van der Waals surface area contributed by atoms with Crippen LogP contribution in [0.3, 0.4) is 0 Å². The first-order valence-electron chi connectivity index (χ1n) is 6.10. The van der Waals surface area contributed by atoms with Gasteiger partial charge in [0.1, 0.15) is 5.60 Å². The van der Waals surface area contributed by atoms with Crippen LogP contribution in [0.25, 0.3) is 0 Å². The molecule has 0 aliphatic carbocycles. The van der Waals surface area contributed by atoms with Gasteiger partial charge in [-0.25, -0.2) is 0 Å². The fourth-order valence-corrected chi connectivity index (χ4v) is 1.90. The molecule has 1 aromatic rings. The highest BCUT2D eigenvalue weighted by atomic mass is 16.3. The van der Waals surface area contributed by atoms with Crippen LogP contribution < -0.4 is 0 Å². The van der Waals surface area contributed by atoms with Gasteiger partial charge in [0.25, 0.3) is 0 Å². The Morgan fingerprint density at radius 2 is 1.82 bits per heavy atom. The van der Waals surface area contributed by atoms with E-state index in [0.717, 1.165) is 18.7 Å². The minimum atomic E-state index is -1.08. The van der Waals surface area contributed by atoms with Crippen molar-refractivity contribution in [1.82, 2.24) is 4.90 Å². The molecule has 0 bridgehead atoms. The van der Waals surface area contributed by atoms with Crippen molar-refractivity contribution in [3.63, 3.8) is 0 Å². The number of nitrogens with zero attached hydrogens (tertiary/aromatic N) is 1. The van der Waals surface area contributed by atoms with E-state index >= 15 is 0 Å². The average molecular weight is 231 g/mol. The molecule has 0 spiro atoms. The SMILES string of the molecule is C#CC(O)(Cc1ccccc1)CN(CC)CC. The van der Waals surface area contributed by atoms with Crippen molar-refractivity contribution in [2.24, 2.45) is 0 Å². The first-order valence-corrected chi connectivity index (χ1v) is 6.10. The molecule has 0 amide bonds. The second-order valence-corrected chi connectivity index (χ2v) is 4.30. The van der Waals surface area contributed by atoms with Gasteiger partial charge in [-0.15, -0.1) is 6.42 Å². The predicted molar refractivity (Wildman–Crippen MR) is 71.7 cm³/mol. The third kappa shape index (κ3) is 4.22. The van der Waals surface area contributed by atoms with Crippen molar-refractivity contribution in [1.29, 1.82) is 0 Å². The monoisotopic (exact) mass is 231 g/mol. The summed E-state index contributed by atoms with van der Waals surface area (Å²) in [6.07, 6.45) is 5.99. The molecule has 0 aliphatic heterocycles. The summed E-state index contributed by atoms with van der Waals surface area (Å²) in [5.74, 6) is 2.54. The van der Waals surface area contributed by atoms with Crippen molar-refractivity contribution in [3.05, 3.63) is 35.9 Å². The molecule has 1 aromatic carbocycles. The molecule has 1 unspecified atom stereocenters. The summed E-state index contributed by atoms with van der Waals surface area (Å²) in [5, 5.41) is 10.4. The minimum absolute atomic E-state index is 0.501. The number of terminal acetylenes is 1. The number of hydrogen-bond donors (Lipinski definition) is 1. The molecule has 0 aromatic heterocycles. The molecule has 0 aliphatic rings. The molecule has 0 fully saturated rings. The van der Waals surface area contributed by atoms with Gasteiger partial charge in [0, 0.05) is 13.0 Å². The van der Waals surface area contributed by atoms with E-state index < -0.39 is 5.60 Å². The van der Waals surface area contributed by atoms with E-state index in [2.05, 4.69) is 24.7 Å². The smallest absolute Gasteiger partial charge is 0.141 e. The summed E-state index contributed by atoms with van der Waals surface area (Å²) in [7, 11) is 0. The molecule has 0 saturated carbocycles. The Morgan fingerprint density at radius 3 is 2.29 bits per heavy atom. The first kappa shape index (κ1) is 13.8. The van der Waals surface area contributed by atoms with Gasteiger partial charge in [0.15, 0.2) is 0 Å². The zero-order chi connectivity index (χ0) is 12.7. The van der Waals surface area contributed by atoms with E-state index in [1.54, 1.807) is 0 Å². The first-order chi connectivity index (χ1) is 8.13. The molecule has 17 heavy (non-hydrogen) atoms. The van der Waals surface area contributed by atoms with Crippen LogP contribution in [0.1, 0.15) is 19.4 Å². The minimum Gasteiger partial charge on any atom is -0.376 e. The zero-order valence-corrected chi connectivity index (χ0v) is 10.7.